The van der Waals surface area contributed by atoms with Gasteiger partial charge in [0.2, 0.25) is 5.95 Å². The lowest BCUT2D eigenvalue weighted by molar-refractivity contribution is 0.0560. The van der Waals surface area contributed by atoms with E-state index in [1.807, 2.05) is 16.8 Å². The number of nitrogens with one attached hydrogen (secondary N) is 2. The number of pyridine rings is 1. The van der Waals surface area contributed by atoms with Crippen molar-refractivity contribution in [2.24, 2.45) is 0 Å². The summed E-state index contributed by atoms with van der Waals surface area (Å²) in [6.07, 6.45) is 7.90. The molecule has 0 bridgehead atoms. The highest BCUT2D eigenvalue weighted by atomic mass is 19.1. The van der Waals surface area contributed by atoms with Crippen LogP contribution in [0.4, 0.5) is 16.0 Å². The molecule has 4 heterocycles. The molecule has 3 aliphatic rings. The Labute approximate surface area is 201 Å². The zero-order valence-electron chi connectivity index (χ0n) is 19.3. The van der Waals surface area contributed by atoms with Crippen molar-refractivity contribution in [3.8, 4) is 5.69 Å². The molecule has 8 nitrogen and oxygen atoms in total. The first-order valence-corrected chi connectivity index (χ1v) is 12.3. The Kier molecular flexibility index (Phi) is 4.57. The number of rotatable bonds is 5. The quantitative estimate of drug-likeness (QED) is 0.457. The molecule has 9 heteroatoms. The molecular formula is C26H26FN7O. The fourth-order valence-electron chi connectivity index (χ4n) is 5.18. The molecule has 0 atom stereocenters. The van der Waals surface area contributed by atoms with Crippen molar-refractivity contribution in [3.63, 3.8) is 0 Å². The minimum Gasteiger partial charge on any atom is -0.324 e. The van der Waals surface area contributed by atoms with Crippen LogP contribution >= 0.6 is 0 Å². The SMILES string of the molecule is O=c1c2cnc(Nc3ccc4c(c3)CCNC4)nc2n(-c2ccnc(C3(F)CCC3)c2)n1C1CC1. The van der Waals surface area contributed by atoms with Gasteiger partial charge >= 0.3 is 0 Å². The predicted octanol–water partition coefficient (Wildman–Crippen LogP) is 4.05. The number of benzene rings is 1. The number of alkyl halides is 1. The molecule has 2 fully saturated rings. The van der Waals surface area contributed by atoms with Crippen LogP contribution in [-0.4, -0.2) is 30.9 Å². The minimum absolute atomic E-state index is 0.113. The number of nitrogens with zero attached hydrogens (tertiary/aromatic N) is 5. The second kappa shape index (κ2) is 7.71. The van der Waals surface area contributed by atoms with E-state index in [9.17, 15) is 4.79 Å². The van der Waals surface area contributed by atoms with Gasteiger partial charge in [0.05, 0.1) is 17.4 Å². The van der Waals surface area contributed by atoms with Crippen LogP contribution in [0.15, 0.2) is 47.5 Å². The average Bonchev–Trinajstić information content (AvgIpc) is 3.66. The van der Waals surface area contributed by atoms with Gasteiger partial charge in [-0.1, -0.05) is 6.07 Å². The maximum absolute atomic E-state index is 15.2. The van der Waals surface area contributed by atoms with Gasteiger partial charge in [0.1, 0.15) is 5.39 Å². The van der Waals surface area contributed by atoms with Crippen molar-refractivity contribution in [3.05, 3.63) is 69.9 Å². The Balaban J connectivity index is 1.33. The zero-order chi connectivity index (χ0) is 23.6. The molecule has 1 aromatic carbocycles. The fraction of sp³-hybridized carbons (Fsp3) is 0.385. The van der Waals surface area contributed by atoms with E-state index in [0.29, 0.717) is 41.2 Å². The number of hydrogen-bond donors (Lipinski definition) is 2. The van der Waals surface area contributed by atoms with Crippen LogP contribution in [0.3, 0.4) is 0 Å². The molecule has 35 heavy (non-hydrogen) atoms. The maximum Gasteiger partial charge on any atom is 0.278 e. The van der Waals surface area contributed by atoms with Gasteiger partial charge in [-0.3, -0.25) is 9.78 Å². The molecule has 1 aliphatic heterocycles. The molecule has 0 unspecified atom stereocenters. The summed E-state index contributed by atoms with van der Waals surface area (Å²) in [6, 6.07) is 9.98. The van der Waals surface area contributed by atoms with E-state index < -0.39 is 5.67 Å². The number of anilines is 2. The molecule has 2 N–H and O–H groups in total. The number of hydrogen-bond acceptors (Lipinski definition) is 6. The largest absolute Gasteiger partial charge is 0.324 e. The third-order valence-corrected chi connectivity index (χ3v) is 7.46. The van der Waals surface area contributed by atoms with E-state index in [-0.39, 0.29) is 11.6 Å². The van der Waals surface area contributed by atoms with Crippen LogP contribution in [0.2, 0.25) is 0 Å². The van der Waals surface area contributed by atoms with Gasteiger partial charge in [-0.25, -0.2) is 18.7 Å². The summed E-state index contributed by atoms with van der Waals surface area (Å²) in [7, 11) is 0. The second-order valence-corrected chi connectivity index (χ2v) is 9.88. The molecule has 7 rings (SSSR count). The van der Waals surface area contributed by atoms with Gasteiger partial charge in [0.25, 0.3) is 5.56 Å². The van der Waals surface area contributed by atoms with Crippen LogP contribution < -0.4 is 16.2 Å². The molecule has 178 valence electrons. The van der Waals surface area contributed by atoms with Gasteiger partial charge in [0.15, 0.2) is 11.3 Å². The van der Waals surface area contributed by atoms with E-state index >= 15 is 4.39 Å². The fourth-order valence-corrected chi connectivity index (χ4v) is 5.18. The van der Waals surface area contributed by atoms with Crippen LogP contribution in [-0.2, 0) is 18.6 Å². The van der Waals surface area contributed by atoms with Gasteiger partial charge in [-0.15, -0.1) is 0 Å². The normalized spacial score (nSPS) is 18.8. The summed E-state index contributed by atoms with van der Waals surface area (Å²) in [5.41, 5.74) is 3.67. The molecule has 0 radical (unpaired) electrons. The van der Waals surface area contributed by atoms with Crippen LogP contribution in [0.5, 0.6) is 0 Å². The Morgan fingerprint density at radius 2 is 2.00 bits per heavy atom. The topological polar surface area (TPSA) is 89.7 Å². The second-order valence-electron chi connectivity index (χ2n) is 9.88. The van der Waals surface area contributed by atoms with Crippen molar-refractivity contribution >= 4 is 22.7 Å². The number of halogens is 1. The predicted molar refractivity (Wildman–Crippen MR) is 131 cm³/mol. The van der Waals surface area contributed by atoms with E-state index in [2.05, 4.69) is 32.7 Å². The Hall–Kier alpha value is -3.59. The highest BCUT2D eigenvalue weighted by Gasteiger charge is 2.40. The van der Waals surface area contributed by atoms with E-state index in [1.54, 1.807) is 23.1 Å². The van der Waals surface area contributed by atoms with Crippen molar-refractivity contribution in [2.75, 3.05) is 11.9 Å². The molecule has 4 aromatic rings. The molecule has 2 aliphatic carbocycles. The van der Waals surface area contributed by atoms with E-state index in [4.69, 9.17) is 4.98 Å². The van der Waals surface area contributed by atoms with Crippen molar-refractivity contribution in [1.82, 2.24) is 29.6 Å². The Bertz CT molecular complexity index is 1520. The lowest BCUT2D eigenvalue weighted by atomic mass is 9.79. The first-order valence-electron chi connectivity index (χ1n) is 12.3. The summed E-state index contributed by atoms with van der Waals surface area (Å²) < 4.78 is 18.7. The lowest BCUT2D eigenvalue weighted by Gasteiger charge is -2.33. The summed E-state index contributed by atoms with van der Waals surface area (Å²) >= 11 is 0. The number of fused-ring (bicyclic) bond motifs is 2. The first-order chi connectivity index (χ1) is 17.1. The molecule has 2 saturated carbocycles. The smallest absolute Gasteiger partial charge is 0.278 e. The van der Waals surface area contributed by atoms with E-state index in [1.165, 1.54) is 11.1 Å². The molecule has 0 saturated heterocycles. The first kappa shape index (κ1) is 20.8. The highest BCUT2D eigenvalue weighted by Crippen LogP contribution is 2.44. The lowest BCUT2D eigenvalue weighted by Crippen LogP contribution is -2.30. The molecule has 0 amide bonds. The molecule has 0 spiro atoms. The Morgan fingerprint density at radius 3 is 2.80 bits per heavy atom. The average molecular weight is 472 g/mol. The van der Waals surface area contributed by atoms with Gasteiger partial charge in [-0.2, -0.15) is 4.98 Å². The van der Waals surface area contributed by atoms with E-state index in [0.717, 1.165) is 44.5 Å². The summed E-state index contributed by atoms with van der Waals surface area (Å²) in [5, 5.41) is 7.15. The van der Waals surface area contributed by atoms with Crippen molar-refractivity contribution in [2.45, 2.75) is 56.8 Å². The maximum atomic E-state index is 15.2. The summed E-state index contributed by atoms with van der Waals surface area (Å²) in [5.74, 6) is 0.420. The minimum atomic E-state index is -1.38. The summed E-state index contributed by atoms with van der Waals surface area (Å²) in [6.45, 7) is 1.85. The van der Waals surface area contributed by atoms with Crippen LogP contribution in [0.1, 0.15) is 55.0 Å². The van der Waals surface area contributed by atoms with Crippen LogP contribution in [0.25, 0.3) is 16.7 Å². The Morgan fingerprint density at radius 1 is 1.11 bits per heavy atom. The van der Waals surface area contributed by atoms with Gasteiger partial charge in [-0.05, 0) is 80.5 Å². The molecular weight excluding hydrogens is 445 g/mol. The zero-order valence-corrected chi connectivity index (χ0v) is 19.3. The molecule has 3 aromatic heterocycles. The highest BCUT2D eigenvalue weighted by molar-refractivity contribution is 5.77. The monoisotopic (exact) mass is 471 g/mol. The van der Waals surface area contributed by atoms with Crippen LogP contribution in [0, 0.1) is 0 Å². The number of aromatic nitrogens is 5. The van der Waals surface area contributed by atoms with Gasteiger partial charge in [0, 0.05) is 24.6 Å². The third kappa shape index (κ3) is 3.44. The van der Waals surface area contributed by atoms with Crippen molar-refractivity contribution < 1.29 is 4.39 Å². The summed E-state index contributed by atoms with van der Waals surface area (Å²) in [4.78, 5) is 26.9. The standard InChI is InChI=1S/C26H26FN7O/c27-26(8-1-9-26)22-13-20(7-11-29-22)33-23-21(24(35)34(33)19-4-5-19)15-30-25(32-23)31-18-3-2-17-14-28-10-6-16(17)12-18/h2-3,7,11-13,15,19,28H,1,4-6,8-10,14H2,(H,30,31,32). The van der Waals surface area contributed by atoms with Crippen molar-refractivity contribution in [1.29, 1.82) is 0 Å². The third-order valence-electron chi connectivity index (χ3n) is 7.46. The van der Waals surface area contributed by atoms with Gasteiger partial charge < -0.3 is 10.6 Å².